The van der Waals surface area contributed by atoms with E-state index in [2.05, 4.69) is 31.2 Å². The van der Waals surface area contributed by atoms with Gasteiger partial charge in [0.25, 0.3) is 0 Å². The number of benzene rings is 1. The lowest BCUT2D eigenvalue weighted by atomic mass is 9.96. The van der Waals surface area contributed by atoms with E-state index in [0.29, 0.717) is 0 Å². The van der Waals surface area contributed by atoms with E-state index in [1.54, 1.807) is 0 Å². The van der Waals surface area contributed by atoms with E-state index in [4.69, 9.17) is 0 Å². The quantitative estimate of drug-likeness (QED) is 0.820. The van der Waals surface area contributed by atoms with Crippen molar-refractivity contribution >= 4 is 0 Å². The van der Waals surface area contributed by atoms with Crippen LogP contribution in [0.4, 0.5) is 0 Å². The van der Waals surface area contributed by atoms with Gasteiger partial charge in [0, 0.05) is 0 Å². The fourth-order valence-corrected chi connectivity index (χ4v) is 2.71. The molecule has 1 aromatic carbocycles. The molecule has 1 atom stereocenters. The van der Waals surface area contributed by atoms with Crippen LogP contribution in [0.25, 0.3) is 0 Å². The van der Waals surface area contributed by atoms with Crippen LogP contribution < -0.4 is 0 Å². The Morgan fingerprint density at radius 1 is 1.19 bits per heavy atom. The van der Waals surface area contributed by atoms with Crippen molar-refractivity contribution in [1.82, 2.24) is 0 Å². The van der Waals surface area contributed by atoms with E-state index in [-0.39, 0.29) is 6.10 Å². The molecule has 0 bridgehead atoms. The van der Waals surface area contributed by atoms with E-state index >= 15 is 0 Å². The summed E-state index contributed by atoms with van der Waals surface area (Å²) in [6.45, 7) is 2.10. The summed E-state index contributed by atoms with van der Waals surface area (Å²) in [5.74, 6) is 0.778. The van der Waals surface area contributed by atoms with Crippen molar-refractivity contribution in [3.63, 3.8) is 0 Å². The second kappa shape index (κ2) is 5.49. The zero-order valence-electron chi connectivity index (χ0n) is 10.2. The SMILES string of the molecule is Cc1ccc(CC(O)CC2CCCC2)cc1. The maximum absolute atomic E-state index is 10.0. The molecular weight excluding hydrogens is 196 g/mol. The highest BCUT2D eigenvalue weighted by atomic mass is 16.3. The predicted molar refractivity (Wildman–Crippen MR) is 67.5 cm³/mol. The summed E-state index contributed by atoms with van der Waals surface area (Å²) in [5.41, 5.74) is 2.55. The van der Waals surface area contributed by atoms with Crippen LogP contribution in [0, 0.1) is 12.8 Å². The number of aliphatic hydroxyl groups is 1. The highest BCUT2D eigenvalue weighted by Crippen LogP contribution is 2.29. The van der Waals surface area contributed by atoms with E-state index in [0.717, 1.165) is 18.8 Å². The van der Waals surface area contributed by atoms with Gasteiger partial charge in [0.15, 0.2) is 0 Å². The summed E-state index contributed by atoms with van der Waals surface area (Å²) in [6.07, 6.45) is 7.04. The third kappa shape index (κ3) is 3.34. The minimum absolute atomic E-state index is 0.147. The highest BCUT2D eigenvalue weighted by Gasteiger charge is 2.18. The Morgan fingerprint density at radius 3 is 2.44 bits per heavy atom. The monoisotopic (exact) mass is 218 g/mol. The molecule has 88 valence electrons. The zero-order chi connectivity index (χ0) is 11.4. The number of hydrogen-bond donors (Lipinski definition) is 1. The molecular formula is C15H22O. The molecule has 0 amide bonds. The van der Waals surface area contributed by atoms with Gasteiger partial charge >= 0.3 is 0 Å². The third-order valence-electron chi connectivity index (χ3n) is 3.67. The summed E-state index contributed by atoms with van der Waals surface area (Å²) in [6, 6.07) is 8.51. The molecule has 1 heteroatoms. The number of rotatable bonds is 4. The maximum atomic E-state index is 10.0. The highest BCUT2D eigenvalue weighted by molar-refractivity contribution is 5.21. The normalized spacial score (nSPS) is 18.9. The molecule has 1 unspecified atom stereocenters. The molecule has 2 rings (SSSR count). The Morgan fingerprint density at radius 2 is 1.81 bits per heavy atom. The molecule has 1 aliphatic rings. The van der Waals surface area contributed by atoms with Gasteiger partial charge in [-0.3, -0.25) is 0 Å². The van der Waals surface area contributed by atoms with E-state index < -0.39 is 0 Å². The summed E-state index contributed by atoms with van der Waals surface area (Å²) in [7, 11) is 0. The van der Waals surface area contributed by atoms with Crippen molar-refractivity contribution in [2.75, 3.05) is 0 Å². The topological polar surface area (TPSA) is 20.2 Å². The molecule has 1 nitrogen and oxygen atoms in total. The first-order valence-corrected chi connectivity index (χ1v) is 6.47. The Balaban J connectivity index is 1.81. The lowest BCUT2D eigenvalue weighted by Crippen LogP contribution is -2.14. The average Bonchev–Trinajstić information content (AvgIpc) is 2.74. The van der Waals surface area contributed by atoms with Gasteiger partial charge in [0.2, 0.25) is 0 Å². The van der Waals surface area contributed by atoms with E-state index in [1.807, 2.05) is 0 Å². The summed E-state index contributed by atoms with van der Waals surface area (Å²) >= 11 is 0. The van der Waals surface area contributed by atoms with Crippen LogP contribution in [0.1, 0.15) is 43.2 Å². The third-order valence-corrected chi connectivity index (χ3v) is 3.67. The fourth-order valence-electron chi connectivity index (χ4n) is 2.71. The van der Waals surface area contributed by atoms with Crippen molar-refractivity contribution < 1.29 is 5.11 Å². The Labute approximate surface area is 98.5 Å². The summed E-state index contributed by atoms with van der Waals surface area (Å²) in [4.78, 5) is 0. The second-order valence-corrected chi connectivity index (χ2v) is 5.23. The van der Waals surface area contributed by atoms with Crippen LogP contribution in [0.2, 0.25) is 0 Å². The van der Waals surface area contributed by atoms with Crippen LogP contribution in [0.3, 0.4) is 0 Å². The van der Waals surface area contributed by atoms with Gasteiger partial charge < -0.3 is 5.11 Å². The second-order valence-electron chi connectivity index (χ2n) is 5.23. The van der Waals surface area contributed by atoms with E-state index in [1.165, 1.54) is 36.8 Å². The van der Waals surface area contributed by atoms with Gasteiger partial charge in [0.05, 0.1) is 6.10 Å². The van der Waals surface area contributed by atoms with Gasteiger partial charge in [-0.15, -0.1) is 0 Å². The molecule has 1 aromatic rings. The smallest absolute Gasteiger partial charge is 0.0583 e. The lowest BCUT2D eigenvalue weighted by Gasteiger charge is -2.15. The number of aliphatic hydroxyl groups excluding tert-OH is 1. The van der Waals surface area contributed by atoms with Gasteiger partial charge in [0.1, 0.15) is 0 Å². The number of hydrogen-bond acceptors (Lipinski definition) is 1. The molecule has 1 fully saturated rings. The van der Waals surface area contributed by atoms with Crippen LogP contribution in [-0.4, -0.2) is 11.2 Å². The zero-order valence-corrected chi connectivity index (χ0v) is 10.2. The first-order valence-electron chi connectivity index (χ1n) is 6.47. The van der Waals surface area contributed by atoms with Crippen LogP contribution >= 0.6 is 0 Å². The van der Waals surface area contributed by atoms with Crippen LogP contribution in [0.5, 0.6) is 0 Å². The summed E-state index contributed by atoms with van der Waals surface area (Å²) in [5, 5.41) is 10.0. The van der Waals surface area contributed by atoms with Crippen LogP contribution in [0.15, 0.2) is 24.3 Å². The van der Waals surface area contributed by atoms with Crippen molar-refractivity contribution in [3.05, 3.63) is 35.4 Å². The minimum atomic E-state index is -0.147. The number of aryl methyl sites for hydroxylation is 1. The molecule has 16 heavy (non-hydrogen) atoms. The molecule has 0 aromatic heterocycles. The molecule has 0 spiro atoms. The standard InChI is InChI=1S/C15H22O/c1-12-6-8-14(9-7-12)11-15(16)10-13-4-2-3-5-13/h6-9,13,15-16H,2-5,10-11H2,1H3. The van der Waals surface area contributed by atoms with Crippen molar-refractivity contribution in [1.29, 1.82) is 0 Å². The molecule has 1 N–H and O–H groups in total. The first kappa shape index (κ1) is 11.7. The van der Waals surface area contributed by atoms with Crippen molar-refractivity contribution in [3.8, 4) is 0 Å². The molecule has 0 radical (unpaired) electrons. The van der Waals surface area contributed by atoms with Gasteiger partial charge in [-0.05, 0) is 31.2 Å². The predicted octanol–water partition coefficient (Wildman–Crippen LogP) is 3.48. The molecule has 1 saturated carbocycles. The molecule has 0 saturated heterocycles. The lowest BCUT2D eigenvalue weighted by molar-refractivity contribution is 0.143. The van der Waals surface area contributed by atoms with Crippen LogP contribution in [-0.2, 0) is 6.42 Å². The van der Waals surface area contributed by atoms with Gasteiger partial charge in [-0.1, -0.05) is 55.5 Å². The van der Waals surface area contributed by atoms with Crippen molar-refractivity contribution in [2.45, 2.75) is 51.6 Å². The maximum Gasteiger partial charge on any atom is 0.0583 e. The molecule has 0 heterocycles. The molecule has 0 aliphatic heterocycles. The average molecular weight is 218 g/mol. The van der Waals surface area contributed by atoms with Crippen molar-refractivity contribution in [2.24, 2.45) is 5.92 Å². The summed E-state index contributed by atoms with van der Waals surface area (Å²) < 4.78 is 0. The van der Waals surface area contributed by atoms with Gasteiger partial charge in [-0.25, -0.2) is 0 Å². The minimum Gasteiger partial charge on any atom is -0.393 e. The fraction of sp³-hybridized carbons (Fsp3) is 0.600. The van der Waals surface area contributed by atoms with E-state index in [9.17, 15) is 5.11 Å². The Kier molecular flexibility index (Phi) is 4.00. The molecule has 1 aliphatic carbocycles. The Bertz CT molecular complexity index is 309. The Hall–Kier alpha value is -0.820. The van der Waals surface area contributed by atoms with Gasteiger partial charge in [-0.2, -0.15) is 0 Å². The first-order chi connectivity index (χ1) is 7.74. The largest absolute Gasteiger partial charge is 0.393 e.